The second-order valence-corrected chi connectivity index (χ2v) is 3.94. The van der Waals surface area contributed by atoms with Crippen LogP contribution in [0.4, 0.5) is 4.79 Å². The highest BCUT2D eigenvalue weighted by molar-refractivity contribution is 5.87. The van der Waals surface area contributed by atoms with Gasteiger partial charge in [-0.05, 0) is 12.8 Å². The second-order valence-electron chi connectivity index (χ2n) is 3.94. The van der Waals surface area contributed by atoms with Gasteiger partial charge in [-0.1, -0.05) is 20.3 Å². The zero-order valence-corrected chi connectivity index (χ0v) is 10.2. The molecule has 0 saturated heterocycles. The van der Waals surface area contributed by atoms with Crippen molar-refractivity contribution in [1.29, 1.82) is 0 Å². The number of aliphatic carboxylic acids is 1. The molecule has 0 aromatic heterocycles. The van der Waals surface area contributed by atoms with Gasteiger partial charge in [0.15, 0.2) is 0 Å². The first-order valence-electron chi connectivity index (χ1n) is 5.38. The number of hydrogen-bond donors (Lipinski definition) is 4. The molecule has 7 heteroatoms. The van der Waals surface area contributed by atoms with Crippen LogP contribution in [0.15, 0.2) is 0 Å². The summed E-state index contributed by atoms with van der Waals surface area (Å²) in [5.41, 5.74) is 4.96. The fraction of sp³-hybridized carbons (Fsp3) is 0.700. The van der Waals surface area contributed by atoms with E-state index >= 15 is 0 Å². The van der Waals surface area contributed by atoms with Gasteiger partial charge in [0.2, 0.25) is 5.91 Å². The van der Waals surface area contributed by atoms with Gasteiger partial charge < -0.3 is 21.5 Å². The summed E-state index contributed by atoms with van der Waals surface area (Å²) in [5, 5.41) is 13.5. The van der Waals surface area contributed by atoms with E-state index in [0.29, 0.717) is 6.42 Å². The molecule has 7 nitrogen and oxygen atoms in total. The summed E-state index contributed by atoms with van der Waals surface area (Å²) < 4.78 is 0. The third kappa shape index (κ3) is 5.19. The molecule has 0 heterocycles. The molecule has 0 aliphatic heterocycles. The SMILES string of the molecule is CCC(C)C(NC(=O)NC(C)C(N)=O)C(=O)O. The van der Waals surface area contributed by atoms with Crippen molar-refractivity contribution in [2.45, 2.75) is 39.3 Å². The normalized spacial score (nSPS) is 15.5. The Labute approximate surface area is 99.7 Å². The lowest BCUT2D eigenvalue weighted by atomic mass is 9.99. The molecule has 3 amide bonds. The minimum atomic E-state index is -1.11. The van der Waals surface area contributed by atoms with Gasteiger partial charge in [0.25, 0.3) is 0 Å². The van der Waals surface area contributed by atoms with Gasteiger partial charge in [-0.2, -0.15) is 0 Å². The summed E-state index contributed by atoms with van der Waals surface area (Å²) in [6.45, 7) is 4.96. The van der Waals surface area contributed by atoms with Crippen molar-refractivity contribution in [3.8, 4) is 0 Å². The number of carboxylic acid groups (broad SMARTS) is 1. The molecule has 98 valence electrons. The Morgan fingerprint density at radius 2 is 1.76 bits per heavy atom. The van der Waals surface area contributed by atoms with Gasteiger partial charge >= 0.3 is 12.0 Å². The fourth-order valence-electron chi connectivity index (χ4n) is 1.13. The van der Waals surface area contributed by atoms with Crippen molar-refractivity contribution in [3.63, 3.8) is 0 Å². The quantitative estimate of drug-likeness (QED) is 0.511. The average Bonchev–Trinajstić information content (AvgIpc) is 2.24. The number of carboxylic acids is 1. The lowest BCUT2D eigenvalue weighted by molar-refractivity contribution is -0.140. The van der Waals surface area contributed by atoms with E-state index in [9.17, 15) is 14.4 Å². The Morgan fingerprint density at radius 3 is 2.12 bits per heavy atom. The van der Waals surface area contributed by atoms with Crippen molar-refractivity contribution in [2.75, 3.05) is 0 Å². The first-order valence-corrected chi connectivity index (χ1v) is 5.38. The van der Waals surface area contributed by atoms with E-state index in [1.165, 1.54) is 6.92 Å². The van der Waals surface area contributed by atoms with Crippen LogP contribution in [-0.4, -0.2) is 35.1 Å². The Bertz CT molecular complexity index is 306. The standard InChI is InChI=1S/C10H19N3O4/c1-4-5(2)7(9(15)16)13-10(17)12-6(3)8(11)14/h5-7H,4H2,1-3H3,(H2,11,14)(H,15,16)(H2,12,13,17). The van der Waals surface area contributed by atoms with Crippen molar-refractivity contribution < 1.29 is 19.5 Å². The highest BCUT2D eigenvalue weighted by atomic mass is 16.4. The van der Waals surface area contributed by atoms with Crippen LogP contribution in [0.3, 0.4) is 0 Å². The molecule has 3 atom stereocenters. The van der Waals surface area contributed by atoms with Crippen molar-refractivity contribution >= 4 is 17.9 Å². The Morgan fingerprint density at radius 1 is 1.24 bits per heavy atom. The van der Waals surface area contributed by atoms with E-state index in [0.717, 1.165) is 0 Å². The largest absolute Gasteiger partial charge is 0.480 e. The summed E-state index contributed by atoms with van der Waals surface area (Å²) in [4.78, 5) is 33.0. The zero-order valence-electron chi connectivity index (χ0n) is 10.2. The maximum Gasteiger partial charge on any atom is 0.326 e. The molecule has 0 aromatic carbocycles. The third-order valence-electron chi connectivity index (χ3n) is 2.54. The van der Waals surface area contributed by atoms with E-state index < -0.39 is 30.0 Å². The number of primary amides is 1. The molecule has 0 saturated carbocycles. The minimum absolute atomic E-state index is 0.206. The number of carbonyl (C=O) groups is 3. The number of urea groups is 1. The highest BCUT2D eigenvalue weighted by Gasteiger charge is 2.26. The van der Waals surface area contributed by atoms with Crippen LogP contribution < -0.4 is 16.4 Å². The van der Waals surface area contributed by atoms with Crippen LogP contribution in [0.5, 0.6) is 0 Å². The van der Waals surface area contributed by atoms with Gasteiger partial charge in [-0.3, -0.25) is 4.79 Å². The van der Waals surface area contributed by atoms with Gasteiger partial charge in [0.05, 0.1) is 0 Å². The number of rotatable bonds is 6. The second kappa shape index (κ2) is 6.72. The van der Waals surface area contributed by atoms with Crippen molar-refractivity contribution in [2.24, 2.45) is 11.7 Å². The molecule has 0 spiro atoms. The molecule has 0 aromatic rings. The summed E-state index contributed by atoms with van der Waals surface area (Å²) in [6, 6.07) is -2.55. The smallest absolute Gasteiger partial charge is 0.326 e. The van der Waals surface area contributed by atoms with E-state index in [1.54, 1.807) is 6.92 Å². The predicted molar refractivity (Wildman–Crippen MR) is 61.2 cm³/mol. The van der Waals surface area contributed by atoms with Gasteiger partial charge in [0, 0.05) is 0 Å². The molecule has 0 radical (unpaired) electrons. The van der Waals surface area contributed by atoms with Crippen LogP contribution in [-0.2, 0) is 9.59 Å². The first-order chi connectivity index (χ1) is 7.79. The lowest BCUT2D eigenvalue weighted by Gasteiger charge is -2.21. The number of hydrogen-bond acceptors (Lipinski definition) is 3. The molecule has 0 bridgehead atoms. The lowest BCUT2D eigenvalue weighted by Crippen LogP contribution is -2.53. The number of amides is 3. The van der Waals surface area contributed by atoms with Crippen LogP contribution in [0, 0.1) is 5.92 Å². The average molecular weight is 245 g/mol. The highest BCUT2D eigenvalue weighted by Crippen LogP contribution is 2.07. The molecule has 3 unspecified atom stereocenters. The van der Waals surface area contributed by atoms with Crippen LogP contribution in [0.1, 0.15) is 27.2 Å². The van der Waals surface area contributed by atoms with Gasteiger partial charge in [-0.15, -0.1) is 0 Å². The third-order valence-corrected chi connectivity index (χ3v) is 2.54. The molecule has 0 aliphatic rings. The Balaban J connectivity index is 4.42. The summed E-state index contributed by atoms with van der Waals surface area (Å²) >= 11 is 0. The maximum absolute atomic E-state index is 11.4. The van der Waals surface area contributed by atoms with Crippen LogP contribution in [0.2, 0.25) is 0 Å². The van der Waals surface area contributed by atoms with Crippen molar-refractivity contribution in [3.05, 3.63) is 0 Å². The maximum atomic E-state index is 11.4. The Hall–Kier alpha value is -1.79. The number of nitrogens with two attached hydrogens (primary N) is 1. The molecular weight excluding hydrogens is 226 g/mol. The topological polar surface area (TPSA) is 122 Å². The molecule has 0 aliphatic carbocycles. The fourth-order valence-corrected chi connectivity index (χ4v) is 1.13. The first kappa shape index (κ1) is 15.2. The van der Waals surface area contributed by atoms with Crippen LogP contribution in [0.25, 0.3) is 0 Å². The predicted octanol–water partition coefficient (Wildman–Crippen LogP) is -0.341. The minimum Gasteiger partial charge on any atom is -0.480 e. The van der Waals surface area contributed by atoms with Crippen LogP contribution >= 0.6 is 0 Å². The number of carbonyl (C=O) groups excluding carboxylic acids is 2. The summed E-state index contributed by atoms with van der Waals surface area (Å²) in [5.74, 6) is -2.00. The van der Waals surface area contributed by atoms with Crippen molar-refractivity contribution in [1.82, 2.24) is 10.6 Å². The molecule has 0 rings (SSSR count). The van der Waals surface area contributed by atoms with Gasteiger partial charge in [0.1, 0.15) is 12.1 Å². The summed E-state index contributed by atoms with van der Waals surface area (Å²) in [6.07, 6.45) is 0.614. The van der Waals surface area contributed by atoms with E-state index in [2.05, 4.69) is 10.6 Å². The van der Waals surface area contributed by atoms with E-state index in [-0.39, 0.29) is 5.92 Å². The monoisotopic (exact) mass is 245 g/mol. The van der Waals surface area contributed by atoms with Gasteiger partial charge in [-0.25, -0.2) is 9.59 Å². The van der Waals surface area contributed by atoms with E-state index in [4.69, 9.17) is 10.8 Å². The zero-order chi connectivity index (χ0) is 13.6. The Kier molecular flexibility index (Phi) is 6.01. The molecule has 17 heavy (non-hydrogen) atoms. The molecule has 0 fully saturated rings. The van der Waals surface area contributed by atoms with E-state index in [1.807, 2.05) is 6.92 Å². The molecular formula is C10H19N3O4. The summed E-state index contributed by atoms with van der Waals surface area (Å²) in [7, 11) is 0. The number of nitrogens with one attached hydrogen (secondary N) is 2. The molecule has 5 N–H and O–H groups in total.